The molecule has 0 N–H and O–H groups in total. The van der Waals surface area contributed by atoms with Crippen LogP contribution in [0.4, 0.5) is 0 Å². The predicted molar refractivity (Wildman–Crippen MR) is 197 cm³/mol. The molecule has 0 unspecified atom stereocenters. The summed E-state index contributed by atoms with van der Waals surface area (Å²) in [6.45, 7) is 0. The maximum absolute atomic E-state index is 6.67. The standard InChI is InChI=1S/C46H34O2/c1-5-17-33(18-6-1)41-29-39(30-42(47-41)34-19-7-2-8-20-34)45(37-25-13-14-26-37)46(38-27-15-16-28-38)40-31-43(35-21-9-3-10-22-35)48-44(32-40)36-23-11-4-12-24-36/h1-32,37-38H. The molecule has 4 aromatic carbocycles. The largest absolute Gasteiger partial charge is 0.456 e. The van der Waals surface area contributed by atoms with E-state index in [0.717, 1.165) is 56.4 Å². The normalized spacial score (nSPS) is 17.0. The van der Waals surface area contributed by atoms with Crippen LogP contribution in [-0.2, 0) is 9.47 Å². The second-order valence-corrected chi connectivity index (χ2v) is 12.0. The Morgan fingerprint density at radius 2 is 0.583 bits per heavy atom. The number of benzene rings is 4. The molecule has 0 amide bonds. The highest BCUT2D eigenvalue weighted by Gasteiger charge is 2.29. The third kappa shape index (κ3) is 6.04. The van der Waals surface area contributed by atoms with Crippen molar-refractivity contribution >= 4 is 23.0 Å². The van der Waals surface area contributed by atoms with E-state index in [9.17, 15) is 0 Å². The van der Waals surface area contributed by atoms with Gasteiger partial charge in [0, 0.05) is 34.1 Å². The SMILES string of the molecule is C1=CC(C(=C2C=C(c3ccccc3)OC(c3ccccc3)=C2)C(=C2C=C(c3ccccc3)OC(c3ccccc3)=C2)C2C=CC=C2)C=C1. The van der Waals surface area contributed by atoms with Gasteiger partial charge in [-0.05, 0) is 46.6 Å². The molecule has 4 aliphatic rings. The lowest BCUT2D eigenvalue weighted by molar-refractivity contribution is 0.465. The molecule has 4 aromatic rings. The Kier molecular flexibility index (Phi) is 8.13. The van der Waals surface area contributed by atoms with Crippen molar-refractivity contribution < 1.29 is 9.47 Å². The summed E-state index contributed by atoms with van der Waals surface area (Å²) in [7, 11) is 0. The van der Waals surface area contributed by atoms with E-state index in [1.165, 1.54) is 11.1 Å². The molecule has 2 aliphatic heterocycles. The van der Waals surface area contributed by atoms with E-state index in [4.69, 9.17) is 9.47 Å². The second kappa shape index (κ2) is 13.3. The number of allylic oxidation sites excluding steroid dienone is 16. The van der Waals surface area contributed by atoms with E-state index in [0.29, 0.717) is 0 Å². The average molecular weight is 619 g/mol. The van der Waals surface area contributed by atoms with Crippen molar-refractivity contribution in [1.29, 1.82) is 0 Å². The van der Waals surface area contributed by atoms with Crippen LogP contribution < -0.4 is 0 Å². The van der Waals surface area contributed by atoms with Crippen molar-refractivity contribution in [2.75, 3.05) is 0 Å². The van der Waals surface area contributed by atoms with Crippen molar-refractivity contribution in [3.63, 3.8) is 0 Å². The summed E-state index contributed by atoms with van der Waals surface area (Å²) in [5.74, 6) is 3.43. The van der Waals surface area contributed by atoms with Crippen LogP contribution in [0.15, 0.2) is 217 Å². The fourth-order valence-corrected chi connectivity index (χ4v) is 6.60. The molecule has 0 atom stereocenters. The third-order valence-corrected chi connectivity index (χ3v) is 8.89. The van der Waals surface area contributed by atoms with Crippen LogP contribution in [0.3, 0.4) is 0 Å². The molecule has 48 heavy (non-hydrogen) atoms. The van der Waals surface area contributed by atoms with Gasteiger partial charge in [-0.1, -0.05) is 170 Å². The van der Waals surface area contributed by atoms with Gasteiger partial charge in [-0.2, -0.15) is 0 Å². The first-order valence-corrected chi connectivity index (χ1v) is 16.4. The van der Waals surface area contributed by atoms with Gasteiger partial charge in [0.15, 0.2) is 0 Å². The minimum atomic E-state index is 0.0644. The predicted octanol–water partition coefficient (Wildman–Crippen LogP) is 11.3. The smallest absolute Gasteiger partial charge is 0.135 e. The first-order valence-electron chi connectivity index (χ1n) is 16.4. The molecule has 0 bridgehead atoms. The summed E-state index contributed by atoms with van der Waals surface area (Å²) in [6.07, 6.45) is 26.6. The maximum atomic E-state index is 6.67. The van der Waals surface area contributed by atoms with Crippen molar-refractivity contribution in [3.8, 4) is 0 Å². The molecule has 0 saturated heterocycles. The molecule has 0 aromatic heterocycles. The zero-order valence-corrected chi connectivity index (χ0v) is 26.4. The van der Waals surface area contributed by atoms with Gasteiger partial charge < -0.3 is 9.47 Å². The number of rotatable bonds is 7. The lowest BCUT2D eigenvalue weighted by atomic mass is 9.78. The first-order chi connectivity index (χ1) is 23.8. The first kappa shape index (κ1) is 29.3. The summed E-state index contributed by atoms with van der Waals surface area (Å²) < 4.78 is 13.3. The quantitative estimate of drug-likeness (QED) is 0.205. The minimum absolute atomic E-state index is 0.0644. The van der Waals surface area contributed by atoms with Gasteiger partial charge in [0.05, 0.1) is 0 Å². The molecule has 0 radical (unpaired) electrons. The molecule has 2 heterocycles. The molecule has 2 aliphatic carbocycles. The van der Waals surface area contributed by atoms with Crippen LogP contribution in [-0.4, -0.2) is 0 Å². The maximum Gasteiger partial charge on any atom is 0.135 e. The highest BCUT2D eigenvalue weighted by atomic mass is 16.5. The molecule has 0 spiro atoms. The van der Waals surface area contributed by atoms with Crippen LogP contribution in [0, 0.1) is 11.8 Å². The van der Waals surface area contributed by atoms with Crippen LogP contribution in [0.1, 0.15) is 22.3 Å². The van der Waals surface area contributed by atoms with E-state index < -0.39 is 0 Å². The number of ether oxygens (including phenoxy) is 2. The van der Waals surface area contributed by atoms with Crippen LogP contribution in [0.2, 0.25) is 0 Å². The fourth-order valence-electron chi connectivity index (χ4n) is 6.60. The highest BCUT2D eigenvalue weighted by molar-refractivity contribution is 5.82. The molecular formula is C46H34O2. The Labute approximate surface area is 282 Å². The number of hydrogen-bond acceptors (Lipinski definition) is 2. The molecule has 0 fully saturated rings. The van der Waals surface area contributed by atoms with Crippen LogP contribution in [0.25, 0.3) is 23.0 Å². The Morgan fingerprint density at radius 1 is 0.333 bits per heavy atom. The fraction of sp³-hybridized carbons (Fsp3) is 0.0435. The Bertz CT molecular complexity index is 1840. The topological polar surface area (TPSA) is 18.5 Å². The Balaban J connectivity index is 1.43. The molecule has 2 nitrogen and oxygen atoms in total. The van der Waals surface area contributed by atoms with E-state index >= 15 is 0 Å². The van der Waals surface area contributed by atoms with Gasteiger partial charge in [-0.25, -0.2) is 0 Å². The zero-order chi connectivity index (χ0) is 32.1. The molecule has 230 valence electrons. The van der Waals surface area contributed by atoms with E-state index in [-0.39, 0.29) is 11.8 Å². The van der Waals surface area contributed by atoms with Gasteiger partial charge in [0.2, 0.25) is 0 Å². The van der Waals surface area contributed by atoms with Gasteiger partial charge in [0.1, 0.15) is 23.0 Å². The van der Waals surface area contributed by atoms with Crippen LogP contribution in [0.5, 0.6) is 0 Å². The van der Waals surface area contributed by atoms with Crippen LogP contribution >= 0.6 is 0 Å². The summed E-state index contributed by atoms with van der Waals surface area (Å²) in [6, 6.07) is 41.5. The molecular weight excluding hydrogens is 585 g/mol. The lowest BCUT2D eigenvalue weighted by Crippen LogP contribution is -2.13. The lowest BCUT2D eigenvalue weighted by Gasteiger charge is -2.28. The van der Waals surface area contributed by atoms with Gasteiger partial charge in [-0.15, -0.1) is 0 Å². The molecule has 8 rings (SSSR count). The van der Waals surface area contributed by atoms with E-state index in [2.05, 4.69) is 170 Å². The molecule has 0 saturated carbocycles. The summed E-state index contributed by atoms with van der Waals surface area (Å²) in [5, 5.41) is 0. The summed E-state index contributed by atoms with van der Waals surface area (Å²) in [5.41, 5.74) is 8.84. The third-order valence-electron chi connectivity index (χ3n) is 8.89. The number of hydrogen-bond donors (Lipinski definition) is 0. The Morgan fingerprint density at radius 3 is 0.833 bits per heavy atom. The second-order valence-electron chi connectivity index (χ2n) is 12.0. The van der Waals surface area contributed by atoms with Crippen molar-refractivity contribution in [2.45, 2.75) is 0 Å². The summed E-state index contributed by atoms with van der Waals surface area (Å²) >= 11 is 0. The molecule has 2 heteroatoms. The summed E-state index contributed by atoms with van der Waals surface area (Å²) in [4.78, 5) is 0. The van der Waals surface area contributed by atoms with Crippen molar-refractivity contribution in [1.82, 2.24) is 0 Å². The average Bonchev–Trinajstić information content (AvgIpc) is 3.91. The van der Waals surface area contributed by atoms with Gasteiger partial charge in [0.25, 0.3) is 0 Å². The van der Waals surface area contributed by atoms with Gasteiger partial charge >= 0.3 is 0 Å². The highest BCUT2D eigenvalue weighted by Crippen LogP contribution is 2.44. The van der Waals surface area contributed by atoms with Crippen molar-refractivity contribution in [2.24, 2.45) is 11.8 Å². The minimum Gasteiger partial charge on any atom is -0.456 e. The monoisotopic (exact) mass is 618 g/mol. The Hall–Kier alpha value is -6.12. The van der Waals surface area contributed by atoms with Gasteiger partial charge in [-0.3, -0.25) is 0 Å². The van der Waals surface area contributed by atoms with E-state index in [1.807, 2.05) is 24.3 Å². The zero-order valence-electron chi connectivity index (χ0n) is 26.4. The van der Waals surface area contributed by atoms with Crippen molar-refractivity contribution in [3.05, 3.63) is 239 Å². The van der Waals surface area contributed by atoms with E-state index in [1.54, 1.807) is 0 Å².